The molecule has 3 aromatic rings. The van der Waals surface area contributed by atoms with E-state index in [0.717, 1.165) is 11.1 Å². The number of amides is 1. The minimum atomic E-state index is -3.49. The van der Waals surface area contributed by atoms with Crippen molar-refractivity contribution in [2.75, 3.05) is 11.9 Å². The Morgan fingerprint density at radius 3 is 2.74 bits per heavy atom. The summed E-state index contributed by atoms with van der Waals surface area (Å²) in [6.07, 6.45) is 0.638. The first-order valence-electron chi connectivity index (χ1n) is 8.15. The van der Waals surface area contributed by atoms with Gasteiger partial charge in [0.2, 0.25) is 0 Å². The van der Waals surface area contributed by atoms with E-state index in [1.54, 1.807) is 29.6 Å². The van der Waals surface area contributed by atoms with E-state index in [2.05, 4.69) is 21.2 Å². The number of hydrogen-bond donors (Lipinski definition) is 1. The maximum Gasteiger partial charge on any atom is 0.291 e. The second kappa shape index (κ2) is 7.23. The molecule has 0 spiro atoms. The second-order valence-electron chi connectivity index (χ2n) is 6.06. The molecule has 0 unspecified atom stereocenters. The number of sulfonamides is 1. The zero-order valence-electron chi connectivity index (χ0n) is 14.0. The lowest BCUT2D eigenvalue weighted by Gasteiger charge is -2.28. The Kier molecular flexibility index (Phi) is 4.94. The topological polar surface area (TPSA) is 79.6 Å². The number of hydrogen-bond acceptors (Lipinski definition) is 5. The normalized spacial score (nSPS) is 14.7. The van der Waals surface area contributed by atoms with Crippen LogP contribution in [0.1, 0.15) is 21.7 Å². The molecule has 0 bridgehead atoms. The van der Waals surface area contributed by atoms with E-state index in [9.17, 15) is 13.2 Å². The monoisotopic (exact) mass is 466 g/mol. The van der Waals surface area contributed by atoms with Crippen LogP contribution < -0.4 is 5.32 Å². The molecule has 1 aromatic carbocycles. The number of rotatable bonds is 4. The Morgan fingerprint density at radius 2 is 2.04 bits per heavy atom. The van der Waals surface area contributed by atoms with Crippen LogP contribution in [0.25, 0.3) is 0 Å². The molecule has 3 heterocycles. The molecule has 140 valence electrons. The highest BCUT2D eigenvalue weighted by molar-refractivity contribution is 9.10. The molecule has 0 aliphatic carbocycles. The van der Waals surface area contributed by atoms with E-state index < -0.39 is 10.0 Å². The Labute approximate surface area is 169 Å². The van der Waals surface area contributed by atoms with Gasteiger partial charge in [-0.15, -0.1) is 11.3 Å². The van der Waals surface area contributed by atoms with Crippen molar-refractivity contribution in [3.8, 4) is 0 Å². The number of carbonyl (C=O) groups excluding carboxylic acids is 1. The van der Waals surface area contributed by atoms with Crippen LogP contribution in [0.4, 0.5) is 5.69 Å². The molecular weight excluding hydrogens is 452 g/mol. The SMILES string of the molecule is O=C(Nc1ccc2c(c1)CN(S(=O)(=O)c1cccs1)CC2)c1ccc(Br)o1. The summed E-state index contributed by atoms with van der Waals surface area (Å²) in [6, 6.07) is 12.1. The van der Waals surface area contributed by atoms with Crippen molar-refractivity contribution in [3.05, 3.63) is 69.4 Å². The lowest BCUT2D eigenvalue weighted by atomic mass is 10.0. The number of fused-ring (bicyclic) bond motifs is 1. The molecule has 2 aromatic heterocycles. The summed E-state index contributed by atoms with van der Waals surface area (Å²) >= 11 is 4.38. The third kappa shape index (κ3) is 3.73. The van der Waals surface area contributed by atoms with Crippen LogP contribution in [0, 0.1) is 0 Å². The highest BCUT2D eigenvalue weighted by atomic mass is 79.9. The van der Waals surface area contributed by atoms with Crippen molar-refractivity contribution in [3.63, 3.8) is 0 Å². The van der Waals surface area contributed by atoms with Crippen molar-refractivity contribution in [2.45, 2.75) is 17.2 Å². The van der Waals surface area contributed by atoms with E-state index in [-0.39, 0.29) is 18.2 Å². The molecule has 0 atom stereocenters. The molecule has 1 N–H and O–H groups in total. The predicted octanol–water partition coefficient (Wildman–Crippen LogP) is 4.10. The summed E-state index contributed by atoms with van der Waals surface area (Å²) in [4.78, 5) is 12.2. The van der Waals surface area contributed by atoms with Gasteiger partial charge in [0.1, 0.15) is 4.21 Å². The summed E-state index contributed by atoms with van der Waals surface area (Å²) in [5, 5.41) is 4.54. The van der Waals surface area contributed by atoms with Crippen molar-refractivity contribution in [1.29, 1.82) is 0 Å². The number of nitrogens with one attached hydrogen (secondary N) is 1. The van der Waals surface area contributed by atoms with E-state index >= 15 is 0 Å². The average molecular weight is 467 g/mol. The standard InChI is InChI=1S/C18H15BrN2O4S2/c19-16-6-5-15(25-16)18(22)20-14-4-3-12-7-8-21(11-13(12)10-14)27(23,24)17-2-1-9-26-17/h1-6,9-10H,7-8,11H2,(H,20,22). The van der Waals surface area contributed by atoms with Crippen LogP contribution in [0.3, 0.4) is 0 Å². The maximum absolute atomic E-state index is 12.8. The minimum absolute atomic E-state index is 0.196. The van der Waals surface area contributed by atoms with Crippen molar-refractivity contribution >= 4 is 48.9 Å². The van der Waals surface area contributed by atoms with Crippen LogP contribution in [0.2, 0.25) is 0 Å². The second-order valence-corrected chi connectivity index (χ2v) is 9.96. The largest absolute Gasteiger partial charge is 0.444 e. The molecule has 0 radical (unpaired) electrons. The summed E-state index contributed by atoms with van der Waals surface area (Å²) in [7, 11) is -3.49. The Hall–Kier alpha value is -1.94. The van der Waals surface area contributed by atoms with Gasteiger partial charge >= 0.3 is 0 Å². The quantitative estimate of drug-likeness (QED) is 0.627. The summed E-state index contributed by atoms with van der Waals surface area (Å²) < 4.78 is 33.1. The van der Waals surface area contributed by atoms with Gasteiger partial charge in [-0.3, -0.25) is 4.79 Å². The van der Waals surface area contributed by atoms with Crippen LogP contribution in [-0.2, 0) is 23.0 Å². The van der Waals surface area contributed by atoms with Crippen molar-refractivity contribution < 1.29 is 17.6 Å². The fourth-order valence-electron chi connectivity index (χ4n) is 2.98. The number of carbonyl (C=O) groups is 1. The lowest BCUT2D eigenvalue weighted by Crippen LogP contribution is -2.35. The maximum atomic E-state index is 12.8. The lowest BCUT2D eigenvalue weighted by molar-refractivity contribution is 0.0995. The first-order valence-corrected chi connectivity index (χ1v) is 11.3. The Morgan fingerprint density at radius 1 is 1.19 bits per heavy atom. The fourth-order valence-corrected chi connectivity index (χ4v) is 5.85. The first-order chi connectivity index (χ1) is 12.9. The molecule has 0 saturated carbocycles. The molecule has 6 nitrogen and oxygen atoms in total. The fraction of sp³-hybridized carbons (Fsp3) is 0.167. The van der Waals surface area contributed by atoms with Crippen molar-refractivity contribution in [1.82, 2.24) is 4.31 Å². The van der Waals surface area contributed by atoms with E-state index in [1.165, 1.54) is 15.6 Å². The smallest absolute Gasteiger partial charge is 0.291 e. The molecule has 9 heteroatoms. The highest BCUT2D eigenvalue weighted by Gasteiger charge is 2.29. The number of halogens is 1. The third-order valence-electron chi connectivity index (χ3n) is 4.33. The number of thiophene rings is 1. The number of nitrogens with zero attached hydrogens (tertiary/aromatic N) is 1. The molecule has 0 saturated heterocycles. The van der Waals surface area contributed by atoms with Gasteiger partial charge in [-0.05, 0) is 69.2 Å². The van der Waals surface area contributed by atoms with Gasteiger partial charge in [0.25, 0.3) is 15.9 Å². The number of benzene rings is 1. The summed E-state index contributed by atoms with van der Waals surface area (Å²) in [5.41, 5.74) is 2.58. The Bertz CT molecular complexity index is 1090. The van der Waals surface area contributed by atoms with Gasteiger partial charge in [-0.1, -0.05) is 12.1 Å². The third-order valence-corrected chi connectivity index (χ3v) is 7.97. The number of furan rings is 1. The van der Waals surface area contributed by atoms with E-state index in [0.29, 0.717) is 27.5 Å². The first kappa shape index (κ1) is 18.4. The minimum Gasteiger partial charge on any atom is -0.444 e. The number of anilines is 1. The van der Waals surface area contributed by atoms with Crippen molar-refractivity contribution in [2.24, 2.45) is 0 Å². The highest BCUT2D eigenvalue weighted by Crippen LogP contribution is 2.29. The molecule has 27 heavy (non-hydrogen) atoms. The van der Waals surface area contributed by atoms with E-state index in [4.69, 9.17) is 4.42 Å². The van der Waals surface area contributed by atoms with E-state index in [1.807, 2.05) is 18.2 Å². The van der Waals surface area contributed by atoms with Crippen LogP contribution in [0.15, 0.2) is 61.1 Å². The van der Waals surface area contributed by atoms with Gasteiger partial charge < -0.3 is 9.73 Å². The van der Waals surface area contributed by atoms with Crippen LogP contribution >= 0.6 is 27.3 Å². The predicted molar refractivity (Wildman–Crippen MR) is 106 cm³/mol. The van der Waals surface area contributed by atoms with Gasteiger partial charge in [0.05, 0.1) is 0 Å². The Balaban J connectivity index is 1.55. The van der Waals surface area contributed by atoms with Gasteiger partial charge in [0, 0.05) is 18.8 Å². The zero-order valence-corrected chi connectivity index (χ0v) is 17.2. The zero-order chi connectivity index (χ0) is 19.0. The van der Waals surface area contributed by atoms with Gasteiger partial charge in [0.15, 0.2) is 10.4 Å². The van der Waals surface area contributed by atoms with Gasteiger partial charge in [-0.2, -0.15) is 4.31 Å². The average Bonchev–Trinajstić information content (AvgIpc) is 3.33. The van der Waals surface area contributed by atoms with Crippen LogP contribution in [-0.4, -0.2) is 25.2 Å². The van der Waals surface area contributed by atoms with Crippen LogP contribution in [0.5, 0.6) is 0 Å². The summed E-state index contributed by atoms with van der Waals surface area (Å²) in [6.45, 7) is 0.727. The molecule has 4 rings (SSSR count). The molecule has 1 amide bonds. The molecule has 1 aliphatic heterocycles. The molecule has 1 aliphatic rings. The van der Waals surface area contributed by atoms with Gasteiger partial charge in [-0.25, -0.2) is 8.42 Å². The molecule has 0 fully saturated rings. The summed E-state index contributed by atoms with van der Waals surface area (Å²) in [5.74, 6) is -0.166. The molecular formula is C18H15BrN2O4S2.